The molecule has 0 aromatic carbocycles. The molecule has 4 aliphatic carbocycles. The van der Waals surface area contributed by atoms with Crippen molar-refractivity contribution >= 4 is 5.71 Å². The molecule has 3 heteroatoms. The van der Waals surface area contributed by atoms with Crippen molar-refractivity contribution < 1.29 is 10.3 Å². The van der Waals surface area contributed by atoms with Crippen LogP contribution >= 0.6 is 0 Å². The molecular formula is C21H29NO2. The van der Waals surface area contributed by atoms with Crippen molar-refractivity contribution in [3.63, 3.8) is 0 Å². The van der Waals surface area contributed by atoms with Gasteiger partial charge in [0.1, 0.15) is 5.60 Å². The molecule has 0 heterocycles. The van der Waals surface area contributed by atoms with Crippen molar-refractivity contribution in [1.29, 1.82) is 0 Å². The summed E-state index contributed by atoms with van der Waals surface area (Å²) in [7, 11) is 0. The Morgan fingerprint density at radius 1 is 1.21 bits per heavy atom. The average molecular weight is 327 g/mol. The second-order valence-corrected chi connectivity index (χ2v) is 8.52. The average Bonchev–Trinajstić information content (AvgIpc) is 2.94. The van der Waals surface area contributed by atoms with Gasteiger partial charge in [0.25, 0.3) is 0 Å². The van der Waals surface area contributed by atoms with Gasteiger partial charge in [-0.05, 0) is 87.5 Å². The molecule has 130 valence electrons. The third kappa shape index (κ3) is 1.99. The number of terminal acetylenes is 1. The van der Waals surface area contributed by atoms with Crippen LogP contribution in [0.15, 0.2) is 16.8 Å². The van der Waals surface area contributed by atoms with Crippen LogP contribution in [0.1, 0.15) is 64.7 Å². The third-order valence-corrected chi connectivity index (χ3v) is 8.16. The number of nitrogens with zero attached hydrogens (tertiary/aromatic N) is 1. The number of hydrogen-bond acceptors (Lipinski definition) is 3. The highest BCUT2D eigenvalue weighted by Gasteiger charge is 2.63. The highest BCUT2D eigenvalue weighted by molar-refractivity contribution is 5.96. The van der Waals surface area contributed by atoms with Crippen molar-refractivity contribution in [3.05, 3.63) is 11.6 Å². The summed E-state index contributed by atoms with van der Waals surface area (Å²) in [5.41, 5.74) is 1.40. The van der Waals surface area contributed by atoms with Gasteiger partial charge in [0, 0.05) is 5.41 Å². The van der Waals surface area contributed by atoms with Gasteiger partial charge < -0.3 is 10.3 Å². The van der Waals surface area contributed by atoms with E-state index in [4.69, 9.17) is 11.6 Å². The number of aliphatic hydroxyl groups is 1. The van der Waals surface area contributed by atoms with Crippen molar-refractivity contribution in [2.75, 3.05) is 0 Å². The van der Waals surface area contributed by atoms with Crippen LogP contribution in [0.25, 0.3) is 0 Å². The molecule has 6 atom stereocenters. The Morgan fingerprint density at radius 2 is 2.04 bits per heavy atom. The molecule has 0 aliphatic heterocycles. The van der Waals surface area contributed by atoms with E-state index in [1.54, 1.807) is 0 Å². The van der Waals surface area contributed by atoms with Crippen molar-refractivity contribution in [2.24, 2.45) is 34.2 Å². The van der Waals surface area contributed by atoms with Gasteiger partial charge in [0.15, 0.2) is 0 Å². The van der Waals surface area contributed by atoms with Gasteiger partial charge in [-0.15, -0.1) is 6.42 Å². The molecule has 2 N–H and O–H groups in total. The summed E-state index contributed by atoms with van der Waals surface area (Å²) in [5, 5.41) is 23.7. The molecule has 3 saturated carbocycles. The number of rotatable bonds is 1. The summed E-state index contributed by atoms with van der Waals surface area (Å²) in [6.45, 7) is 2.22. The summed E-state index contributed by atoms with van der Waals surface area (Å²) in [5.74, 6) is 5.47. The van der Waals surface area contributed by atoms with Gasteiger partial charge >= 0.3 is 0 Å². The number of oxime groups is 1. The van der Waals surface area contributed by atoms with Crippen LogP contribution in [0.5, 0.6) is 0 Å². The second kappa shape index (κ2) is 5.63. The van der Waals surface area contributed by atoms with Crippen molar-refractivity contribution in [3.8, 4) is 12.3 Å². The van der Waals surface area contributed by atoms with Crippen LogP contribution in [-0.2, 0) is 0 Å². The SMILES string of the molecule is C#C[C@@]1(O)CC[C@H]2[C@@H]3CCC4=CC(=NO)CC[C@@H]4[C@H]3CC[C@@]21CC. The Bertz CT molecular complexity index is 630. The van der Waals surface area contributed by atoms with Crippen LogP contribution in [0, 0.1) is 41.4 Å². The quantitative estimate of drug-likeness (QED) is 0.432. The van der Waals surface area contributed by atoms with Crippen LogP contribution in [-0.4, -0.2) is 21.6 Å². The molecule has 0 bridgehead atoms. The molecule has 4 rings (SSSR count). The molecule has 0 radical (unpaired) electrons. The lowest BCUT2D eigenvalue weighted by Crippen LogP contribution is -2.53. The smallest absolute Gasteiger partial charge is 0.131 e. The zero-order valence-electron chi connectivity index (χ0n) is 14.7. The van der Waals surface area contributed by atoms with E-state index in [2.05, 4.69) is 24.1 Å². The van der Waals surface area contributed by atoms with Crippen LogP contribution in [0.4, 0.5) is 0 Å². The van der Waals surface area contributed by atoms with Crippen molar-refractivity contribution in [1.82, 2.24) is 0 Å². The maximum atomic E-state index is 11.1. The minimum atomic E-state index is -0.892. The first kappa shape index (κ1) is 16.2. The monoisotopic (exact) mass is 327 g/mol. The fourth-order valence-electron chi connectivity index (χ4n) is 7.05. The lowest BCUT2D eigenvalue weighted by Gasteiger charge is -2.56. The van der Waals surface area contributed by atoms with E-state index in [0.717, 1.165) is 56.6 Å². The molecular weight excluding hydrogens is 298 g/mol. The van der Waals surface area contributed by atoms with Gasteiger partial charge in [-0.3, -0.25) is 0 Å². The third-order valence-electron chi connectivity index (χ3n) is 8.16. The Kier molecular flexibility index (Phi) is 3.80. The second-order valence-electron chi connectivity index (χ2n) is 8.52. The molecule has 4 aliphatic rings. The van der Waals surface area contributed by atoms with Crippen LogP contribution < -0.4 is 0 Å². The first-order valence-corrected chi connectivity index (χ1v) is 9.70. The minimum Gasteiger partial charge on any atom is -0.411 e. The molecule has 3 fully saturated rings. The van der Waals surface area contributed by atoms with E-state index in [1.165, 1.54) is 18.4 Å². The maximum absolute atomic E-state index is 11.1. The van der Waals surface area contributed by atoms with Gasteiger partial charge in [-0.1, -0.05) is 23.6 Å². The maximum Gasteiger partial charge on any atom is 0.131 e. The van der Waals surface area contributed by atoms with E-state index < -0.39 is 5.60 Å². The zero-order valence-corrected chi connectivity index (χ0v) is 14.7. The summed E-state index contributed by atoms with van der Waals surface area (Å²) in [6.07, 6.45) is 17.4. The van der Waals surface area contributed by atoms with Gasteiger partial charge in [0.05, 0.1) is 5.71 Å². The Balaban J connectivity index is 1.65. The summed E-state index contributed by atoms with van der Waals surface area (Å²) < 4.78 is 0. The van der Waals surface area contributed by atoms with E-state index in [0.29, 0.717) is 17.8 Å². The van der Waals surface area contributed by atoms with E-state index in [9.17, 15) is 5.11 Å². The number of allylic oxidation sites excluding steroid dienone is 2. The molecule has 24 heavy (non-hydrogen) atoms. The Hall–Kier alpha value is -1.27. The molecule has 0 saturated heterocycles. The molecule has 0 aromatic rings. The standard InChI is InChI=1S/C21H29NO2/c1-3-20-11-9-17-16-8-6-15(22-24)13-14(16)5-7-18(17)19(20)10-12-21(20,23)4-2/h2,13,16-19,23-24H,3,5-12H2,1H3/t16-,17+,18+,19-,20-,21+/m0/s1. The number of hydrogen-bond donors (Lipinski definition) is 2. The lowest BCUT2D eigenvalue weighted by atomic mass is 9.49. The minimum absolute atomic E-state index is 0.0590. The van der Waals surface area contributed by atoms with Gasteiger partial charge in [-0.2, -0.15) is 0 Å². The first-order chi connectivity index (χ1) is 11.6. The Morgan fingerprint density at radius 3 is 2.75 bits per heavy atom. The van der Waals surface area contributed by atoms with E-state index in [1.807, 2.05) is 0 Å². The fraction of sp³-hybridized carbons (Fsp3) is 0.762. The summed E-state index contributed by atoms with van der Waals surface area (Å²) in [4.78, 5) is 0. The van der Waals surface area contributed by atoms with E-state index >= 15 is 0 Å². The topological polar surface area (TPSA) is 52.8 Å². The molecule has 0 spiro atoms. The van der Waals surface area contributed by atoms with Crippen LogP contribution in [0.2, 0.25) is 0 Å². The van der Waals surface area contributed by atoms with Gasteiger partial charge in [0.2, 0.25) is 0 Å². The fourth-order valence-corrected chi connectivity index (χ4v) is 7.05. The molecule has 0 aromatic heterocycles. The van der Waals surface area contributed by atoms with E-state index in [-0.39, 0.29) is 5.41 Å². The van der Waals surface area contributed by atoms with Crippen molar-refractivity contribution in [2.45, 2.75) is 70.3 Å². The number of fused-ring (bicyclic) bond motifs is 5. The normalized spacial score (nSPS) is 48.9. The predicted molar refractivity (Wildman–Crippen MR) is 94.7 cm³/mol. The van der Waals surface area contributed by atoms with Gasteiger partial charge in [-0.25, -0.2) is 0 Å². The lowest BCUT2D eigenvalue weighted by molar-refractivity contribution is -0.0989. The Labute approximate surface area is 145 Å². The summed E-state index contributed by atoms with van der Waals surface area (Å²) >= 11 is 0. The summed E-state index contributed by atoms with van der Waals surface area (Å²) in [6, 6.07) is 0. The predicted octanol–water partition coefficient (Wildman–Crippen LogP) is 4.14. The zero-order chi connectivity index (χ0) is 16.9. The highest BCUT2D eigenvalue weighted by Crippen LogP contribution is 2.66. The molecule has 0 amide bonds. The first-order valence-electron chi connectivity index (χ1n) is 9.70. The highest BCUT2D eigenvalue weighted by atomic mass is 16.4. The molecule has 3 nitrogen and oxygen atoms in total. The van der Waals surface area contributed by atoms with Crippen LogP contribution in [0.3, 0.4) is 0 Å². The molecule has 0 unspecified atom stereocenters. The largest absolute Gasteiger partial charge is 0.411 e.